The Labute approximate surface area is 117 Å². The molecule has 0 aromatic carbocycles. The minimum absolute atomic E-state index is 0.0192. The molecule has 0 aliphatic carbocycles. The van der Waals surface area contributed by atoms with Crippen molar-refractivity contribution in [2.75, 3.05) is 12.3 Å². The maximum Gasteiger partial charge on any atom is 0.315 e. The fraction of sp³-hybridized carbons (Fsp3) is 0.692. The summed E-state index contributed by atoms with van der Waals surface area (Å²) in [5, 5.41) is 9.02. The predicted molar refractivity (Wildman–Crippen MR) is 75.8 cm³/mol. The average molecular weight is 281 g/mol. The molecule has 2 aliphatic rings. The number of carbonyl (C=O) groups is 2. The van der Waals surface area contributed by atoms with Gasteiger partial charge in [-0.2, -0.15) is 11.8 Å². The Morgan fingerprint density at radius 3 is 3.11 bits per heavy atom. The van der Waals surface area contributed by atoms with Crippen LogP contribution in [0.2, 0.25) is 0 Å². The molecule has 5 nitrogen and oxygen atoms in total. The van der Waals surface area contributed by atoms with Gasteiger partial charge in [0.1, 0.15) is 0 Å². The van der Waals surface area contributed by atoms with E-state index < -0.39 is 0 Å². The lowest BCUT2D eigenvalue weighted by Gasteiger charge is -2.16. The molecule has 0 unspecified atom stereocenters. The van der Waals surface area contributed by atoms with E-state index in [0.29, 0.717) is 18.2 Å². The van der Waals surface area contributed by atoms with Crippen LogP contribution in [-0.2, 0) is 4.79 Å². The molecular weight excluding hydrogens is 262 g/mol. The lowest BCUT2D eigenvalue weighted by molar-refractivity contribution is -0.120. The summed E-state index contributed by atoms with van der Waals surface area (Å²) >= 11 is 1.90. The molecule has 0 spiro atoms. The highest BCUT2D eigenvalue weighted by Crippen LogP contribution is 2.33. The zero-order valence-corrected chi connectivity index (χ0v) is 11.6. The molecule has 0 aromatic rings. The minimum Gasteiger partial charge on any atom is -0.345 e. The van der Waals surface area contributed by atoms with E-state index in [-0.39, 0.29) is 24.0 Å². The monoisotopic (exact) mass is 281 g/mol. The highest BCUT2D eigenvalue weighted by Gasteiger charge is 2.42. The molecule has 3 amide bonds. The number of hydrogen-bond donors (Lipinski definition) is 3. The number of fused-ring (bicyclic) bond motifs is 1. The van der Waals surface area contributed by atoms with Crippen molar-refractivity contribution in [2.24, 2.45) is 0 Å². The van der Waals surface area contributed by atoms with Crippen LogP contribution in [0.1, 0.15) is 25.7 Å². The Bertz CT molecular complexity index is 394. The van der Waals surface area contributed by atoms with Crippen molar-refractivity contribution >= 4 is 23.7 Å². The number of nitrogens with one attached hydrogen (secondary N) is 3. The summed E-state index contributed by atoms with van der Waals surface area (Å²) in [6.45, 7) is 0.304. The Kier molecular flexibility index (Phi) is 4.97. The molecule has 0 bridgehead atoms. The molecule has 2 rings (SSSR count). The van der Waals surface area contributed by atoms with Crippen molar-refractivity contribution < 1.29 is 9.59 Å². The number of rotatable bonds is 6. The third kappa shape index (κ3) is 3.80. The van der Waals surface area contributed by atoms with E-state index in [0.717, 1.165) is 25.0 Å². The highest BCUT2D eigenvalue weighted by molar-refractivity contribution is 8.00. The zero-order chi connectivity index (χ0) is 13.7. The summed E-state index contributed by atoms with van der Waals surface area (Å²) in [6, 6.07) is 0.489. The van der Waals surface area contributed by atoms with E-state index in [1.807, 2.05) is 11.8 Å². The first-order valence-electron chi connectivity index (χ1n) is 6.59. The number of terminal acetylenes is 1. The first-order chi connectivity index (χ1) is 9.20. The fourth-order valence-corrected chi connectivity index (χ4v) is 4.06. The predicted octanol–water partition coefficient (Wildman–Crippen LogP) is 0.462. The third-order valence-electron chi connectivity index (χ3n) is 3.47. The van der Waals surface area contributed by atoms with Crippen LogP contribution in [0.5, 0.6) is 0 Å². The van der Waals surface area contributed by atoms with E-state index in [9.17, 15) is 9.59 Å². The third-order valence-corrected chi connectivity index (χ3v) is 4.98. The van der Waals surface area contributed by atoms with Gasteiger partial charge in [0.05, 0.1) is 18.6 Å². The van der Waals surface area contributed by atoms with Crippen molar-refractivity contribution in [1.29, 1.82) is 0 Å². The van der Waals surface area contributed by atoms with Crippen LogP contribution >= 0.6 is 11.8 Å². The van der Waals surface area contributed by atoms with E-state index in [1.54, 1.807) is 0 Å². The molecule has 19 heavy (non-hydrogen) atoms. The first kappa shape index (κ1) is 14.1. The molecule has 0 aromatic heterocycles. The Morgan fingerprint density at radius 1 is 1.47 bits per heavy atom. The lowest BCUT2D eigenvalue weighted by Crippen LogP contribution is -2.36. The highest BCUT2D eigenvalue weighted by atomic mass is 32.2. The van der Waals surface area contributed by atoms with E-state index in [1.165, 1.54) is 0 Å². The topological polar surface area (TPSA) is 70.2 Å². The van der Waals surface area contributed by atoms with Gasteiger partial charge in [-0.15, -0.1) is 6.42 Å². The molecule has 3 atom stereocenters. The average Bonchev–Trinajstić information content (AvgIpc) is 2.92. The van der Waals surface area contributed by atoms with E-state index >= 15 is 0 Å². The molecule has 6 heteroatoms. The number of unbranched alkanes of at least 4 members (excludes halogenated alkanes) is 1. The smallest absolute Gasteiger partial charge is 0.315 e. The largest absolute Gasteiger partial charge is 0.345 e. The summed E-state index contributed by atoms with van der Waals surface area (Å²) in [5.74, 6) is 3.38. The molecule has 3 N–H and O–H groups in total. The van der Waals surface area contributed by atoms with Gasteiger partial charge in [0.15, 0.2) is 0 Å². The van der Waals surface area contributed by atoms with Crippen molar-refractivity contribution in [1.82, 2.24) is 16.0 Å². The van der Waals surface area contributed by atoms with Gasteiger partial charge in [-0.05, 0) is 12.8 Å². The van der Waals surface area contributed by atoms with Crippen LogP contribution in [0.25, 0.3) is 0 Å². The lowest BCUT2D eigenvalue weighted by atomic mass is 10.0. The molecule has 0 radical (unpaired) electrons. The van der Waals surface area contributed by atoms with Crippen LogP contribution < -0.4 is 16.0 Å². The van der Waals surface area contributed by atoms with Gasteiger partial charge in [0.2, 0.25) is 5.91 Å². The maximum atomic E-state index is 11.3. The maximum absolute atomic E-state index is 11.3. The number of thioether (sulfide) groups is 1. The zero-order valence-electron chi connectivity index (χ0n) is 10.8. The van der Waals surface area contributed by atoms with Gasteiger partial charge < -0.3 is 16.0 Å². The Balaban J connectivity index is 1.60. The van der Waals surface area contributed by atoms with Crippen LogP contribution in [-0.4, -0.2) is 41.6 Å². The van der Waals surface area contributed by atoms with E-state index in [2.05, 4.69) is 21.9 Å². The molecular formula is C13H19N3O2S. The second-order valence-electron chi connectivity index (χ2n) is 4.85. The van der Waals surface area contributed by atoms with Gasteiger partial charge in [-0.25, -0.2) is 4.79 Å². The summed E-state index contributed by atoms with van der Waals surface area (Å²) in [4.78, 5) is 22.6. The van der Waals surface area contributed by atoms with Gasteiger partial charge in [-0.3, -0.25) is 4.79 Å². The minimum atomic E-state index is -0.0473. The van der Waals surface area contributed by atoms with Crippen LogP contribution in [0.3, 0.4) is 0 Å². The van der Waals surface area contributed by atoms with Crippen LogP contribution in [0.4, 0.5) is 4.79 Å². The summed E-state index contributed by atoms with van der Waals surface area (Å²) in [5.41, 5.74) is 0. The van der Waals surface area contributed by atoms with Crippen molar-refractivity contribution in [3.8, 4) is 12.3 Å². The van der Waals surface area contributed by atoms with Gasteiger partial charge in [-0.1, -0.05) is 12.3 Å². The quantitative estimate of drug-likeness (QED) is 0.376. The number of amides is 3. The second-order valence-corrected chi connectivity index (χ2v) is 6.12. The molecule has 2 aliphatic heterocycles. The Morgan fingerprint density at radius 2 is 2.32 bits per heavy atom. The van der Waals surface area contributed by atoms with E-state index in [4.69, 9.17) is 6.42 Å². The summed E-state index contributed by atoms with van der Waals surface area (Å²) < 4.78 is 0. The second kappa shape index (κ2) is 6.71. The van der Waals surface area contributed by atoms with Crippen LogP contribution in [0, 0.1) is 12.3 Å². The van der Waals surface area contributed by atoms with Crippen LogP contribution in [0.15, 0.2) is 0 Å². The van der Waals surface area contributed by atoms with Gasteiger partial charge >= 0.3 is 6.03 Å². The van der Waals surface area contributed by atoms with Crippen molar-refractivity contribution in [3.63, 3.8) is 0 Å². The van der Waals surface area contributed by atoms with Crippen molar-refractivity contribution in [3.05, 3.63) is 0 Å². The number of urea groups is 1. The first-order valence-corrected chi connectivity index (χ1v) is 7.64. The molecule has 104 valence electrons. The SMILES string of the molecule is C#CCNC(=O)CCCC[C@H]1SC[C@H]2NC(=O)N[C@H]21. The standard InChI is InChI=1S/C13H19N3O2S/c1-2-7-14-11(17)6-4-3-5-10-12-9(8-19-10)15-13(18)16-12/h1,9-10,12H,3-8H2,(H,14,17)(H2,15,16,18)/t9-,10-,12-/m1/s1. The Hall–Kier alpha value is -1.35. The fourth-order valence-electron chi connectivity index (χ4n) is 2.51. The molecule has 0 saturated carbocycles. The molecule has 2 fully saturated rings. The summed E-state index contributed by atoms with van der Waals surface area (Å²) in [7, 11) is 0. The summed E-state index contributed by atoms with van der Waals surface area (Å²) in [6.07, 6.45) is 8.50. The molecule has 2 saturated heterocycles. The number of carbonyl (C=O) groups excluding carboxylic acids is 2. The van der Waals surface area contributed by atoms with Gasteiger partial charge in [0, 0.05) is 17.4 Å². The van der Waals surface area contributed by atoms with Crippen molar-refractivity contribution in [2.45, 2.75) is 43.0 Å². The molecule has 2 heterocycles. The normalized spacial score (nSPS) is 28.2. The van der Waals surface area contributed by atoms with Gasteiger partial charge in [0.25, 0.3) is 0 Å². The number of hydrogen-bond acceptors (Lipinski definition) is 3.